The third-order valence-electron chi connectivity index (χ3n) is 4.16. The Morgan fingerprint density at radius 2 is 1.75 bits per heavy atom. The van der Waals surface area contributed by atoms with Gasteiger partial charge >= 0.3 is 0 Å². The number of piperazine rings is 1. The zero-order chi connectivity index (χ0) is 17.1. The van der Waals surface area contributed by atoms with Gasteiger partial charge < -0.3 is 14.5 Å². The minimum Gasteiger partial charge on any atom is -0.497 e. The molecule has 2 aromatic carbocycles. The number of halogens is 2. The predicted molar refractivity (Wildman–Crippen MR) is 92.5 cm³/mol. The van der Waals surface area contributed by atoms with Crippen molar-refractivity contribution in [3.63, 3.8) is 0 Å². The van der Waals surface area contributed by atoms with Crippen LogP contribution in [0, 0.1) is 5.82 Å². The summed E-state index contributed by atoms with van der Waals surface area (Å²) in [6.45, 7) is 2.56. The van der Waals surface area contributed by atoms with Gasteiger partial charge in [-0.1, -0.05) is 11.6 Å². The number of anilines is 1. The fourth-order valence-electron chi connectivity index (χ4n) is 2.79. The first-order valence-electron chi connectivity index (χ1n) is 7.72. The number of amides is 1. The van der Waals surface area contributed by atoms with Crippen LogP contribution in [-0.4, -0.2) is 44.1 Å². The number of rotatable bonds is 3. The average Bonchev–Trinajstić information content (AvgIpc) is 2.63. The highest BCUT2D eigenvalue weighted by atomic mass is 35.5. The second-order valence-corrected chi connectivity index (χ2v) is 6.01. The molecule has 0 aliphatic carbocycles. The summed E-state index contributed by atoms with van der Waals surface area (Å²) in [4.78, 5) is 16.5. The summed E-state index contributed by atoms with van der Waals surface area (Å²) in [5.41, 5.74) is 1.31. The van der Waals surface area contributed by atoms with E-state index in [1.807, 2.05) is 24.3 Å². The zero-order valence-electron chi connectivity index (χ0n) is 13.3. The Morgan fingerprint density at radius 3 is 2.38 bits per heavy atom. The Labute approximate surface area is 145 Å². The molecule has 0 unspecified atom stereocenters. The van der Waals surface area contributed by atoms with Crippen molar-refractivity contribution < 1.29 is 13.9 Å². The van der Waals surface area contributed by atoms with E-state index in [2.05, 4.69) is 4.90 Å². The van der Waals surface area contributed by atoms with Crippen molar-refractivity contribution in [2.75, 3.05) is 38.2 Å². The van der Waals surface area contributed by atoms with E-state index in [1.54, 1.807) is 12.0 Å². The second-order valence-electron chi connectivity index (χ2n) is 5.60. The van der Waals surface area contributed by atoms with E-state index in [-0.39, 0.29) is 16.5 Å². The van der Waals surface area contributed by atoms with Crippen LogP contribution in [0.15, 0.2) is 42.5 Å². The van der Waals surface area contributed by atoms with Crippen molar-refractivity contribution in [3.05, 3.63) is 58.9 Å². The Balaban J connectivity index is 1.65. The van der Waals surface area contributed by atoms with E-state index in [9.17, 15) is 9.18 Å². The van der Waals surface area contributed by atoms with E-state index in [1.165, 1.54) is 18.2 Å². The molecule has 0 saturated carbocycles. The highest BCUT2D eigenvalue weighted by Crippen LogP contribution is 2.23. The minimum absolute atomic E-state index is 0.217. The highest BCUT2D eigenvalue weighted by molar-refractivity contribution is 6.33. The van der Waals surface area contributed by atoms with Crippen molar-refractivity contribution in [2.45, 2.75) is 0 Å². The van der Waals surface area contributed by atoms with Gasteiger partial charge in [0.1, 0.15) is 11.6 Å². The summed E-state index contributed by atoms with van der Waals surface area (Å²) < 4.78 is 18.5. The Bertz CT molecular complexity index is 728. The van der Waals surface area contributed by atoms with E-state index >= 15 is 0 Å². The van der Waals surface area contributed by atoms with E-state index in [0.717, 1.165) is 11.4 Å². The van der Waals surface area contributed by atoms with Crippen LogP contribution in [-0.2, 0) is 0 Å². The summed E-state index contributed by atoms with van der Waals surface area (Å²) in [5, 5.41) is 0.277. The molecule has 2 aromatic rings. The normalized spacial score (nSPS) is 14.6. The van der Waals surface area contributed by atoms with Crippen molar-refractivity contribution in [2.24, 2.45) is 0 Å². The summed E-state index contributed by atoms with van der Waals surface area (Å²) in [6.07, 6.45) is 0. The third kappa shape index (κ3) is 3.46. The fraction of sp³-hybridized carbons (Fsp3) is 0.278. The third-order valence-corrected chi connectivity index (χ3v) is 4.49. The standard InChI is InChI=1S/C18H18ClFN2O2/c1-24-15-5-3-14(4-6-15)21-8-10-22(11-9-21)18(23)16-12-13(20)2-7-17(16)19/h2-7,12H,8-11H2,1H3. The highest BCUT2D eigenvalue weighted by Gasteiger charge is 2.24. The SMILES string of the molecule is COc1ccc(N2CCN(C(=O)c3cc(F)ccc3Cl)CC2)cc1. The van der Waals surface area contributed by atoms with E-state index in [4.69, 9.17) is 16.3 Å². The van der Waals surface area contributed by atoms with Crippen molar-refractivity contribution in [3.8, 4) is 5.75 Å². The molecule has 1 fully saturated rings. The summed E-state index contributed by atoms with van der Waals surface area (Å²) in [6, 6.07) is 11.7. The molecule has 126 valence electrons. The Kier molecular flexibility index (Phi) is 4.90. The molecule has 1 amide bonds. The van der Waals surface area contributed by atoms with Gasteiger partial charge in [-0.05, 0) is 42.5 Å². The van der Waals surface area contributed by atoms with Gasteiger partial charge in [-0.15, -0.1) is 0 Å². The molecule has 1 saturated heterocycles. The van der Waals surface area contributed by atoms with Crippen molar-refractivity contribution >= 4 is 23.2 Å². The van der Waals surface area contributed by atoms with Crippen LogP contribution in [0.3, 0.4) is 0 Å². The quantitative estimate of drug-likeness (QED) is 0.851. The Hall–Kier alpha value is -2.27. The van der Waals surface area contributed by atoms with Crippen molar-refractivity contribution in [1.29, 1.82) is 0 Å². The van der Waals surface area contributed by atoms with Crippen LogP contribution in [0.4, 0.5) is 10.1 Å². The maximum Gasteiger partial charge on any atom is 0.255 e. The fourth-order valence-corrected chi connectivity index (χ4v) is 2.99. The monoisotopic (exact) mass is 348 g/mol. The summed E-state index contributed by atoms with van der Waals surface area (Å²) >= 11 is 6.03. The molecule has 0 spiro atoms. The van der Waals surface area contributed by atoms with Gasteiger partial charge in [0.05, 0.1) is 17.7 Å². The molecule has 24 heavy (non-hydrogen) atoms. The molecule has 1 aliphatic rings. The number of carbonyl (C=O) groups is 1. The first-order chi connectivity index (χ1) is 11.6. The number of carbonyl (C=O) groups excluding carboxylic acids is 1. The van der Waals surface area contributed by atoms with Gasteiger partial charge in [-0.3, -0.25) is 4.79 Å². The molecule has 0 radical (unpaired) electrons. The maximum atomic E-state index is 13.4. The molecule has 1 heterocycles. The lowest BCUT2D eigenvalue weighted by molar-refractivity contribution is 0.0746. The number of hydrogen-bond donors (Lipinski definition) is 0. The molecule has 0 bridgehead atoms. The van der Waals surface area contributed by atoms with Crippen LogP contribution in [0.5, 0.6) is 5.75 Å². The average molecular weight is 349 g/mol. The second kappa shape index (κ2) is 7.09. The van der Waals surface area contributed by atoms with E-state index < -0.39 is 5.82 Å². The molecular formula is C18H18ClFN2O2. The van der Waals surface area contributed by atoms with Crippen LogP contribution in [0.25, 0.3) is 0 Å². The topological polar surface area (TPSA) is 32.8 Å². The predicted octanol–water partition coefficient (Wildman–Crippen LogP) is 3.45. The maximum absolute atomic E-state index is 13.4. The summed E-state index contributed by atoms with van der Waals surface area (Å²) in [7, 11) is 1.64. The molecule has 6 heteroatoms. The van der Waals surface area contributed by atoms with Gasteiger partial charge in [-0.2, -0.15) is 0 Å². The molecule has 0 aromatic heterocycles. The first-order valence-corrected chi connectivity index (χ1v) is 8.09. The zero-order valence-corrected chi connectivity index (χ0v) is 14.1. The number of ether oxygens (including phenoxy) is 1. The molecule has 0 N–H and O–H groups in total. The number of nitrogens with zero attached hydrogens (tertiary/aromatic N) is 2. The first kappa shape index (κ1) is 16.6. The molecule has 3 rings (SSSR count). The Morgan fingerprint density at radius 1 is 1.08 bits per heavy atom. The van der Waals surface area contributed by atoms with Crippen LogP contribution >= 0.6 is 11.6 Å². The number of benzene rings is 2. The molecule has 4 nitrogen and oxygen atoms in total. The number of hydrogen-bond acceptors (Lipinski definition) is 3. The smallest absolute Gasteiger partial charge is 0.255 e. The van der Waals surface area contributed by atoms with E-state index in [0.29, 0.717) is 26.2 Å². The lowest BCUT2D eigenvalue weighted by atomic mass is 10.1. The largest absolute Gasteiger partial charge is 0.497 e. The molecule has 1 aliphatic heterocycles. The summed E-state index contributed by atoms with van der Waals surface area (Å²) in [5.74, 6) is 0.127. The molecule has 0 atom stereocenters. The van der Waals surface area contributed by atoms with Crippen molar-refractivity contribution in [1.82, 2.24) is 4.90 Å². The number of methoxy groups -OCH3 is 1. The van der Waals surface area contributed by atoms with Gasteiger partial charge in [0, 0.05) is 31.9 Å². The molecular weight excluding hydrogens is 331 g/mol. The lowest BCUT2D eigenvalue weighted by Crippen LogP contribution is -2.48. The minimum atomic E-state index is -0.459. The van der Waals surface area contributed by atoms with Gasteiger partial charge in [-0.25, -0.2) is 4.39 Å². The van der Waals surface area contributed by atoms with Gasteiger partial charge in [0.15, 0.2) is 0 Å². The van der Waals surface area contributed by atoms with Crippen LogP contribution in [0.2, 0.25) is 5.02 Å². The van der Waals surface area contributed by atoms with Gasteiger partial charge in [0.2, 0.25) is 0 Å². The van der Waals surface area contributed by atoms with Crippen LogP contribution in [0.1, 0.15) is 10.4 Å². The van der Waals surface area contributed by atoms with Gasteiger partial charge in [0.25, 0.3) is 5.91 Å². The van der Waals surface area contributed by atoms with Crippen LogP contribution < -0.4 is 9.64 Å². The lowest BCUT2D eigenvalue weighted by Gasteiger charge is -2.36.